The Morgan fingerprint density at radius 2 is 2.32 bits per heavy atom. The molecule has 1 saturated heterocycles. The molecule has 1 fully saturated rings. The molecular weight excluding hydrogens is 303 g/mol. The number of aromatic nitrogens is 2. The molecule has 2 heterocycles. The van der Waals surface area contributed by atoms with E-state index in [2.05, 4.69) is 14.8 Å². The molecule has 0 spiro atoms. The number of carbonyl (C=O) groups is 1. The maximum Gasteiger partial charge on any atom is 0.411 e. The van der Waals surface area contributed by atoms with Gasteiger partial charge in [-0.25, -0.2) is 9.59 Å². The first kappa shape index (κ1) is 15.5. The topological polar surface area (TPSA) is 153 Å². The number of β-amino-alcohol motifs (C(OH)–C–C–N with tert-alkyl or cyclic N) is 1. The van der Waals surface area contributed by atoms with Gasteiger partial charge in [0.1, 0.15) is 12.2 Å². The zero-order valence-electron chi connectivity index (χ0n) is 11.2. The largest absolute Gasteiger partial charge is 0.453 e. The first-order valence-corrected chi connectivity index (χ1v) is 5.98. The Morgan fingerprint density at radius 3 is 2.91 bits per heavy atom. The number of hydrogen-bond acceptors (Lipinski definition) is 6. The molecule has 2 N–H and O–H groups in total. The highest BCUT2D eigenvalue weighted by molar-refractivity contribution is 5.68. The number of nitrogens with zero attached hydrogens (tertiary/aromatic N) is 5. The first-order valence-electron chi connectivity index (χ1n) is 5.98. The van der Waals surface area contributed by atoms with Crippen LogP contribution in [0.15, 0.2) is 20.9 Å². The summed E-state index contributed by atoms with van der Waals surface area (Å²) >= 11 is 0. The van der Waals surface area contributed by atoms with Crippen molar-refractivity contribution in [3.8, 4) is 0 Å². The Hall–Kier alpha value is -2.85. The van der Waals surface area contributed by atoms with E-state index in [1.807, 2.05) is 0 Å². The third kappa shape index (κ3) is 2.52. The Kier molecular flexibility index (Phi) is 4.15. The van der Waals surface area contributed by atoms with Crippen LogP contribution in [0.4, 0.5) is 9.18 Å². The summed E-state index contributed by atoms with van der Waals surface area (Å²) in [6.07, 6.45) is -2.98. The Labute approximate surface area is 121 Å². The van der Waals surface area contributed by atoms with E-state index in [9.17, 15) is 23.9 Å². The summed E-state index contributed by atoms with van der Waals surface area (Å²) in [5, 5.41) is 13.2. The minimum absolute atomic E-state index is 0.297. The lowest BCUT2D eigenvalue weighted by Crippen LogP contribution is -2.43. The van der Waals surface area contributed by atoms with Gasteiger partial charge in [-0.05, 0) is 5.53 Å². The van der Waals surface area contributed by atoms with Crippen molar-refractivity contribution in [2.45, 2.75) is 18.3 Å². The molecule has 3 atom stereocenters. The number of hydrogen-bond donors (Lipinski definition) is 2. The number of methoxy groups -OCH3 is 1. The predicted octanol–water partition coefficient (Wildman–Crippen LogP) is -0.704. The van der Waals surface area contributed by atoms with Gasteiger partial charge < -0.3 is 9.84 Å². The fraction of sp³-hybridized carbons (Fsp3) is 0.500. The van der Waals surface area contributed by atoms with Crippen LogP contribution in [0.2, 0.25) is 0 Å². The average molecular weight is 314 g/mol. The van der Waals surface area contributed by atoms with Gasteiger partial charge in [-0.15, -0.1) is 0 Å². The lowest BCUT2D eigenvalue weighted by atomic mass is 10.2. The molecule has 0 radical (unpaired) electrons. The number of aliphatic hydroxyl groups excluding tert-OH is 1. The predicted molar refractivity (Wildman–Crippen MR) is 68.4 cm³/mol. The monoisotopic (exact) mass is 314 g/mol. The van der Waals surface area contributed by atoms with Gasteiger partial charge in [0.15, 0.2) is 0 Å². The van der Waals surface area contributed by atoms with Crippen molar-refractivity contribution >= 4 is 6.09 Å². The number of aromatic amines is 1. The van der Waals surface area contributed by atoms with Gasteiger partial charge >= 0.3 is 11.8 Å². The number of likely N-dealkylation sites (tertiary alicyclic amines) is 1. The maximum atomic E-state index is 13.4. The van der Waals surface area contributed by atoms with Crippen LogP contribution < -0.4 is 11.2 Å². The molecule has 22 heavy (non-hydrogen) atoms. The normalized spacial score (nSPS) is 24.0. The molecule has 1 aliphatic heterocycles. The SMILES string of the molecule is COC(=O)N1C[C@H](O)[C@@H](N=[N+]=[N-])[C@@H]1n1cc(F)c(=O)[nH]c1=O. The van der Waals surface area contributed by atoms with Crippen molar-refractivity contribution in [3.05, 3.63) is 43.3 Å². The van der Waals surface area contributed by atoms with Crippen molar-refractivity contribution in [1.82, 2.24) is 14.5 Å². The number of amides is 1. The summed E-state index contributed by atoms with van der Waals surface area (Å²) in [7, 11) is 1.07. The fourth-order valence-electron chi connectivity index (χ4n) is 2.27. The molecule has 0 aliphatic carbocycles. The van der Waals surface area contributed by atoms with Crippen molar-refractivity contribution in [2.75, 3.05) is 13.7 Å². The summed E-state index contributed by atoms with van der Waals surface area (Å²) in [6, 6.07) is -1.26. The van der Waals surface area contributed by atoms with Gasteiger partial charge in [-0.2, -0.15) is 4.39 Å². The van der Waals surface area contributed by atoms with E-state index in [-0.39, 0.29) is 6.54 Å². The molecule has 1 amide bonds. The zero-order chi connectivity index (χ0) is 16.4. The van der Waals surface area contributed by atoms with E-state index in [4.69, 9.17) is 5.53 Å². The number of carbonyl (C=O) groups excluding carboxylic acids is 1. The second-order valence-electron chi connectivity index (χ2n) is 4.44. The van der Waals surface area contributed by atoms with Crippen LogP contribution in [-0.2, 0) is 4.74 Å². The maximum absolute atomic E-state index is 13.4. The number of aliphatic hydroxyl groups is 1. The highest BCUT2D eigenvalue weighted by Crippen LogP contribution is 2.30. The summed E-state index contributed by atoms with van der Waals surface area (Å²) in [4.78, 5) is 39.8. The molecule has 1 aromatic rings. The van der Waals surface area contributed by atoms with Crippen LogP contribution in [-0.4, -0.2) is 51.5 Å². The highest BCUT2D eigenvalue weighted by Gasteiger charge is 2.45. The lowest BCUT2D eigenvalue weighted by molar-refractivity contribution is 0.0985. The van der Waals surface area contributed by atoms with E-state index >= 15 is 0 Å². The van der Waals surface area contributed by atoms with E-state index in [1.54, 1.807) is 4.98 Å². The first-order chi connectivity index (χ1) is 10.4. The van der Waals surface area contributed by atoms with E-state index in [0.29, 0.717) is 10.8 Å². The molecule has 11 nitrogen and oxygen atoms in total. The minimum Gasteiger partial charge on any atom is -0.453 e. The number of halogens is 1. The number of rotatable bonds is 2. The number of nitrogens with one attached hydrogen (secondary N) is 1. The number of H-pyrrole nitrogens is 1. The molecule has 0 saturated carbocycles. The molecule has 1 aromatic heterocycles. The van der Waals surface area contributed by atoms with E-state index < -0.39 is 41.5 Å². The van der Waals surface area contributed by atoms with Crippen LogP contribution in [0.3, 0.4) is 0 Å². The van der Waals surface area contributed by atoms with Gasteiger partial charge in [0.25, 0.3) is 5.56 Å². The fourth-order valence-corrected chi connectivity index (χ4v) is 2.27. The van der Waals surface area contributed by atoms with Gasteiger partial charge in [-0.3, -0.25) is 19.2 Å². The molecule has 0 bridgehead atoms. The minimum atomic E-state index is -1.34. The van der Waals surface area contributed by atoms with Gasteiger partial charge in [0.05, 0.1) is 26.0 Å². The Balaban J connectivity index is 2.61. The molecule has 0 unspecified atom stereocenters. The van der Waals surface area contributed by atoms with Crippen molar-refractivity contribution in [2.24, 2.45) is 5.11 Å². The summed E-state index contributed by atoms with van der Waals surface area (Å²) in [5.41, 5.74) is 6.29. The van der Waals surface area contributed by atoms with Crippen molar-refractivity contribution < 1.29 is 19.0 Å². The summed E-state index contributed by atoms with van der Waals surface area (Å²) in [6.45, 7) is -0.297. The summed E-state index contributed by atoms with van der Waals surface area (Å²) in [5.74, 6) is -1.27. The van der Waals surface area contributed by atoms with Gasteiger partial charge in [-0.1, -0.05) is 5.11 Å². The Bertz CT molecular complexity index is 753. The number of azide groups is 1. The molecular formula is C10H11FN6O5. The van der Waals surface area contributed by atoms with E-state index in [1.165, 1.54) is 0 Å². The molecule has 12 heteroatoms. The smallest absolute Gasteiger partial charge is 0.411 e. The molecule has 118 valence electrons. The number of ether oxygens (including phenoxy) is 1. The summed E-state index contributed by atoms with van der Waals surface area (Å²) < 4.78 is 18.6. The van der Waals surface area contributed by atoms with E-state index in [0.717, 1.165) is 12.0 Å². The van der Waals surface area contributed by atoms with Crippen molar-refractivity contribution in [1.29, 1.82) is 0 Å². The van der Waals surface area contributed by atoms with Crippen LogP contribution in [0.25, 0.3) is 10.4 Å². The molecule has 0 aromatic carbocycles. The quantitative estimate of drug-likeness (QED) is 0.419. The molecule has 1 aliphatic rings. The average Bonchev–Trinajstić information content (AvgIpc) is 2.80. The van der Waals surface area contributed by atoms with Crippen molar-refractivity contribution in [3.63, 3.8) is 0 Å². The lowest BCUT2D eigenvalue weighted by Gasteiger charge is -2.26. The second-order valence-corrected chi connectivity index (χ2v) is 4.44. The second kappa shape index (κ2) is 5.87. The van der Waals surface area contributed by atoms with Gasteiger partial charge in [0, 0.05) is 4.91 Å². The Morgan fingerprint density at radius 1 is 1.64 bits per heavy atom. The highest BCUT2D eigenvalue weighted by atomic mass is 19.1. The van der Waals surface area contributed by atoms with Crippen LogP contribution in [0, 0.1) is 5.82 Å². The van der Waals surface area contributed by atoms with Crippen LogP contribution in [0.1, 0.15) is 6.17 Å². The van der Waals surface area contributed by atoms with Crippen LogP contribution >= 0.6 is 0 Å². The van der Waals surface area contributed by atoms with Gasteiger partial charge in [0.2, 0.25) is 5.82 Å². The van der Waals surface area contributed by atoms with Crippen LogP contribution in [0.5, 0.6) is 0 Å². The zero-order valence-corrected chi connectivity index (χ0v) is 11.2. The standard InChI is InChI=1S/C10H11FN6O5/c1-22-10(21)17-3-5(18)6(14-15-12)8(17)16-2-4(11)7(19)13-9(16)20/h2,5-6,8,18H,3H2,1H3,(H,13,19,20)/t5-,6+,8+/m0/s1. The third-order valence-electron chi connectivity index (χ3n) is 3.21. The molecule has 2 rings (SSSR count). The third-order valence-corrected chi connectivity index (χ3v) is 3.21.